The molecule has 0 aromatic heterocycles. The molecule has 0 fully saturated rings. The Morgan fingerprint density at radius 1 is 1.22 bits per heavy atom. The molecule has 102 valence electrons. The lowest BCUT2D eigenvalue weighted by Gasteiger charge is -2.15. The van der Waals surface area contributed by atoms with Gasteiger partial charge in [-0.1, -0.05) is 6.07 Å². The predicted octanol–water partition coefficient (Wildman–Crippen LogP) is 1.16. The summed E-state index contributed by atoms with van der Waals surface area (Å²) in [6.45, 7) is 2.06. The Morgan fingerprint density at radius 2 is 1.78 bits per heavy atom. The maximum Gasteiger partial charge on any atom is 0.208 e. The molecule has 4 nitrogen and oxygen atoms in total. The Balaban J connectivity index is 2.53. The lowest BCUT2D eigenvalue weighted by molar-refractivity contribution is 0.488. The second-order valence-corrected chi connectivity index (χ2v) is 5.81. The van der Waals surface area contributed by atoms with Gasteiger partial charge in [0.05, 0.1) is 6.26 Å². The van der Waals surface area contributed by atoms with Crippen molar-refractivity contribution in [2.45, 2.75) is 13.0 Å². The van der Waals surface area contributed by atoms with Gasteiger partial charge in [-0.15, -0.1) is 0 Å². The third-order valence-corrected chi connectivity index (χ3v) is 3.10. The zero-order chi connectivity index (χ0) is 13.8. The van der Waals surface area contributed by atoms with Crippen LogP contribution < -0.4 is 10.0 Å². The third-order valence-electron chi connectivity index (χ3n) is 2.37. The van der Waals surface area contributed by atoms with Gasteiger partial charge in [0.1, 0.15) is 11.6 Å². The van der Waals surface area contributed by atoms with Gasteiger partial charge in [0.25, 0.3) is 0 Å². The van der Waals surface area contributed by atoms with Crippen LogP contribution in [0.2, 0.25) is 0 Å². The zero-order valence-corrected chi connectivity index (χ0v) is 11.0. The fraction of sp³-hybridized carbons (Fsp3) is 0.455. The SMILES string of the molecule is CC(NCCNS(C)(=O)=O)c1c(F)cccc1F. The summed E-state index contributed by atoms with van der Waals surface area (Å²) in [6, 6.07) is 3.13. The Bertz CT molecular complexity index is 486. The molecule has 0 bridgehead atoms. The first-order valence-electron chi connectivity index (χ1n) is 5.43. The van der Waals surface area contributed by atoms with Crippen molar-refractivity contribution in [2.75, 3.05) is 19.3 Å². The smallest absolute Gasteiger partial charge is 0.208 e. The van der Waals surface area contributed by atoms with Crippen LogP contribution in [0.15, 0.2) is 18.2 Å². The number of hydrogen-bond donors (Lipinski definition) is 2. The largest absolute Gasteiger partial charge is 0.309 e. The van der Waals surface area contributed by atoms with E-state index in [1.54, 1.807) is 6.92 Å². The molecule has 0 amide bonds. The van der Waals surface area contributed by atoms with Crippen LogP contribution in [0.4, 0.5) is 8.78 Å². The van der Waals surface area contributed by atoms with E-state index in [0.29, 0.717) is 0 Å². The molecular weight excluding hydrogens is 262 g/mol. The quantitative estimate of drug-likeness (QED) is 0.768. The summed E-state index contributed by atoms with van der Waals surface area (Å²) in [5.41, 5.74) is -0.0446. The molecular formula is C11H16F2N2O2S. The minimum absolute atomic E-state index is 0.0446. The number of sulfonamides is 1. The number of rotatable bonds is 6. The molecule has 2 N–H and O–H groups in total. The van der Waals surface area contributed by atoms with Crippen molar-refractivity contribution in [3.05, 3.63) is 35.4 Å². The van der Waals surface area contributed by atoms with Crippen LogP contribution >= 0.6 is 0 Å². The Morgan fingerprint density at radius 3 is 2.28 bits per heavy atom. The van der Waals surface area contributed by atoms with Crippen molar-refractivity contribution in [3.63, 3.8) is 0 Å². The van der Waals surface area contributed by atoms with Gasteiger partial charge < -0.3 is 5.32 Å². The fourth-order valence-electron chi connectivity index (χ4n) is 1.55. The molecule has 0 saturated heterocycles. The molecule has 1 atom stereocenters. The van der Waals surface area contributed by atoms with Crippen molar-refractivity contribution in [3.8, 4) is 0 Å². The highest BCUT2D eigenvalue weighted by atomic mass is 32.2. The summed E-state index contributed by atoms with van der Waals surface area (Å²) in [5, 5.41) is 2.85. The van der Waals surface area contributed by atoms with Gasteiger partial charge in [0.2, 0.25) is 10.0 Å². The normalized spacial score (nSPS) is 13.6. The van der Waals surface area contributed by atoms with E-state index in [1.807, 2.05) is 0 Å². The monoisotopic (exact) mass is 278 g/mol. The lowest BCUT2D eigenvalue weighted by Crippen LogP contribution is -2.32. The van der Waals surface area contributed by atoms with E-state index in [1.165, 1.54) is 18.2 Å². The Kier molecular flexibility index (Phi) is 5.18. The second kappa shape index (κ2) is 6.21. The highest BCUT2D eigenvalue weighted by Crippen LogP contribution is 2.19. The first-order valence-corrected chi connectivity index (χ1v) is 7.32. The van der Waals surface area contributed by atoms with Gasteiger partial charge in [-0.05, 0) is 19.1 Å². The average molecular weight is 278 g/mol. The summed E-state index contributed by atoms with van der Waals surface area (Å²) >= 11 is 0. The van der Waals surface area contributed by atoms with Crippen LogP contribution in [0.1, 0.15) is 18.5 Å². The minimum atomic E-state index is -3.24. The van der Waals surface area contributed by atoms with E-state index in [4.69, 9.17) is 0 Å². The highest BCUT2D eigenvalue weighted by molar-refractivity contribution is 7.88. The molecule has 0 saturated carbocycles. The standard InChI is InChI=1S/C11H16F2N2O2S/c1-8(14-6-7-15-18(2,16)17)11-9(12)4-3-5-10(11)13/h3-5,8,14-15H,6-7H2,1-2H3. The van der Waals surface area contributed by atoms with Crippen molar-refractivity contribution < 1.29 is 17.2 Å². The van der Waals surface area contributed by atoms with Crippen molar-refractivity contribution in [1.82, 2.24) is 10.0 Å². The maximum absolute atomic E-state index is 13.4. The van der Waals surface area contributed by atoms with E-state index in [-0.39, 0.29) is 18.7 Å². The molecule has 1 rings (SSSR count). The van der Waals surface area contributed by atoms with Crippen molar-refractivity contribution in [1.29, 1.82) is 0 Å². The van der Waals surface area contributed by atoms with Crippen molar-refractivity contribution >= 4 is 10.0 Å². The van der Waals surface area contributed by atoms with Crippen LogP contribution in [0, 0.1) is 11.6 Å². The zero-order valence-electron chi connectivity index (χ0n) is 10.2. The van der Waals surface area contributed by atoms with Gasteiger partial charge in [-0.2, -0.15) is 0 Å². The minimum Gasteiger partial charge on any atom is -0.309 e. The van der Waals surface area contributed by atoms with Gasteiger partial charge >= 0.3 is 0 Å². The Labute approximate surface area is 105 Å². The number of halogens is 2. The van der Waals surface area contributed by atoms with E-state index in [9.17, 15) is 17.2 Å². The van der Waals surface area contributed by atoms with Crippen LogP contribution in [0.3, 0.4) is 0 Å². The summed E-state index contributed by atoms with van der Waals surface area (Å²) in [5.74, 6) is -1.24. The second-order valence-electron chi connectivity index (χ2n) is 3.98. The van der Waals surface area contributed by atoms with Gasteiger partial charge in [0.15, 0.2) is 0 Å². The molecule has 1 aromatic rings. The first-order chi connectivity index (χ1) is 8.31. The van der Waals surface area contributed by atoms with E-state index in [0.717, 1.165) is 6.26 Å². The number of hydrogen-bond acceptors (Lipinski definition) is 3. The fourth-order valence-corrected chi connectivity index (χ4v) is 2.02. The molecule has 7 heteroatoms. The van der Waals surface area contributed by atoms with Gasteiger partial charge in [-0.25, -0.2) is 21.9 Å². The van der Waals surface area contributed by atoms with Crippen LogP contribution in [-0.2, 0) is 10.0 Å². The molecule has 1 unspecified atom stereocenters. The molecule has 1 aromatic carbocycles. The molecule has 0 aliphatic heterocycles. The van der Waals surface area contributed by atoms with Crippen LogP contribution in [-0.4, -0.2) is 27.8 Å². The average Bonchev–Trinajstić information content (AvgIpc) is 2.23. The predicted molar refractivity (Wildman–Crippen MR) is 65.6 cm³/mol. The van der Waals surface area contributed by atoms with E-state index < -0.39 is 27.7 Å². The van der Waals surface area contributed by atoms with E-state index >= 15 is 0 Å². The first kappa shape index (κ1) is 15.0. The summed E-state index contributed by atoms with van der Waals surface area (Å²) < 4.78 is 50.7. The lowest BCUT2D eigenvalue weighted by atomic mass is 10.1. The molecule has 0 aliphatic carbocycles. The molecule has 0 spiro atoms. The summed E-state index contributed by atoms with van der Waals surface area (Å²) in [4.78, 5) is 0. The Hall–Kier alpha value is -1.05. The number of benzene rings is 1. The van der Waals surface area contributed by atoms with E-state index in [2.05, 4.69) is 10.0 Å². The topological polar surface area (TPSA) is 58.2 Å². The summed E-state index contributed by atoms with van der Waals surface area (Å²) in [7, 11) is -3.24. The molecule has 0 aliphatic rings. The number of nitrogens with one attached hydrogen (secondary N) is 2. The highest BCUT2D eigenvalue weighted by Gasteiger charge is 2.15. The molecule has 0 heterocycles. The maximum atomic E-state index is 13.4. The third kappa shape index (κ3) is 4.67. The van der Waals surface area contributed by atoms with Crippen molar-refractivity contribution in [2.24, 2.45) is 0 Å². The summed E-state index contributed by atoms with van der Waals surface area (Å²) in [6.07, 6.45) is 1.05. The van der Waals surface area contributed by atoms with Crippen LogP contribution in [0.25, 0.3) is 0 Å². The molecule has 18 heavy (non-hydrogen) atoms. The van der Waals surface area contributed by atoms with Crippen LogP contribution in [0.5, 0.6) is 0 Å². The molecule has 0 radical (unpaired) electrons. The van der Waals surface area contributed by atoms with Gasteiger partial charge in [-0.3, -0.25) is 0 Å². The van der Waals surface area contributed by atoms with Gasteiger partial charge in [0, 0.05) is 24.7 Å².